The van der Waals surface area contributed by atoms with E-state index in [2.05, 4.69) is 52.7 Å². The average molecular weight is 717 g/mol. The molecule has 5 heterocycles. The van der Waals surface area contributed by atoms with Crippen LogP contribution in [-0.4, -0.2) is 41.5 Å². The maximum Gasteiger partial charge on any atom is 3.00 e. The summed E-state index contributed by atoms with van der Waals surface area (Å²) in [6.07, 6.45) is 3.51. The van der Waals surface area contributed by atoms with Gasteiger partial charge in [-0.1, -0.05) is 48.8 Å². The summed E-state index contributed by atoms with van der Waals surface area (Å²) in [5, 5.41) is 34.6. The molecule has 0 bridgehead atoms. The van der Waals surface area contributed by atoms with E-state index in [1.54, 1.807) is 29.8 Å². The minimum atomic E-state index is -0.901. The van der Waals surface area contributed by atoms with E-state index in [1.807, 2.05) is 60.7 Å². The number of thiophene rings is 2. The van der Waals surface area contributed by atoms with Crippen LogP contribution < -0.4 is 0 Å². The van der Waals surface area contributed by atoms with Crippen LogP contribution in [0.1, 0.15) is 9.67 Å². The molecular weight excluding hydrogens is 702 g/mol. The molecule has 0 saturated carbocycles. The molecule has 5 rings (SSSR count). The van der Waals surface area contributed by atoms with Crippen LogP contribution in [0.3, 0.4) is 0 Å². The Hall–Kier alpha value is -3.66. The molecule has 0 saturated heterocycles. The maximum absolute atomic E-state index is 11.2. The van der Waals surface area contributed by atoms with Gasteiger partial charge < -0.3 is 21.3 Å². The van der Waals surface area contributed by atoms with Gasteiger partial charge in [0.05, 0.1) is 22.8 Å². The second-order valence-corrected chi connectivity index (χ2v) is 9.68. The number of carboxylic acid groups (broad SMARTS) is 1. The third kappa shape index (κ3) is 11.0. The van der Waals surface area contributed by atoms with Crippen molar-refractivity contribution >= 4 is 80.8 Å². The minimum Gasteiger partial charge on any atom is -0.753 e. The van der Waals surface area contributed by atoms with E-state index in [4.69, 9.17) is 21.2 Å². The summed E-state index contributed by atoms with van der Waals surface area (Å²) in [5.74, 6) is -0.901. The molecule has 0 amide bonds. The van der Waals surface area contributed by atoms with Crippen molar-refractivity contribution in [3.05, 3.63) is 106 Å². The molecule has 14 heteroatoms. The predicted molar refractivity (Wildman–Crippen MR) is 172 cm³/mol. The van der Waals surface area contributed by atoms with Crippen LogP contribution >= 0.6 is 59.3 Å². The van der Waals surface area contributed by atoms with Crippen molar-refractivity contribution in [1.29, 1.82) is 0 Å². The fraction of sp³-hybridized carbons (Fsp3) is 0. The number of aromatic carboxylic acids is 1. The first kappa shape index (κ1) is 35.4. The summed E-state index contributed by atoms with van der Waals surface area (Å²) in [7, 11) is 0. The van der Waals surface area contributed by atoms with Gasteiger partial charge in [-0.15, -0.1) is 22.7 Å². The van der Waals surface area contributed by atoms with Crippen LogP contribution in [0.25, 0.3) is 59.2 Å². The Labute approximate surface area is 272 Å². The van der Waals surface area contributed by atoms with Crippen molar-refractivity contribution in [3.8, 4) is 43.0 Å². The van der Waals surface area contributed by atoms with Crippen LogP contribution in [0, 0.1) is 0 Å². The fourth-order valence-electron chi connectivity index (χ4n) is 3.17. The summed E-state index contributed by atoms with van der Waals surface area (Å²) >= 11 is 14.0. The molecule has 5 aromatic rings. The predicted octanol–water partition coefficient (Wildman–Crippen LogP) is 8.33. The van der Waals surface area contributed by atoms with E-state index < -0.39 is 5.97 Å². The zero-order valence-corrected chi connectivity index (χ0v) is 26.3. The summed E-state index contributed by atoms with van der Waals surface area (Å²) < 4.78 is 0. The molecule has 1 N–H and O–H groups in total. The Morgan fingerprint density at radius 1 is 0.683 bits per heavy atom. The topological polar surface area (TPSA) is 143 Å². The van der Waals surface area contributed by atoms with Crippen molar-refractivity contribution in [1.82, 2.24) is 15.0 Å². The van der Waals surface area contributed by atoms with Crippen LogP contribution in [0.15, 0.2) is 85.2 Å². The molecule has 0 aliphatic heterocycles. The zero-order chi connectivity index (χ0) is 29.3. The molecule has 5 aromatic heterocycles. The molecule has 0 aliphatic carbocycles. The molecule has 8 nitrogen and oxygen atoms in total. The Kier molecular flexibility index (Phi) is 16.8. The summed E-state index contributed by atoms with van der Waals surface area (Å²) in [6, 6.07) is 23.2. The van der Waals surface area contributed by atoms with E-state index in [9.17, 15) is 9.90 Å². The van der Waals surface area contributed by atoms with E-state index in [-0.39, 0.29) is 19.5 Å². The molecule has 1 radical (unpaired) electrons. The summed E-state index contributed by atoms with van der Waals surface area (Å²) in [5.41, 5.74) is 4.16. The van der Waals surface area contributed by atoms with Gasteiger partial charge >= 0.3 is 25.4 Å². The van der Waals surface area contributed by atoms with Crippen molar-refractivity contribution in [2.75, 3.05) is 0 Å². The minimum absolute atomic E-state index is 0. The summed E-state index contributed by atoms with van der Waals surface area (Å²) in [6.45, 7) is 0. The van der Waals surface area contributed by atoms with Gasteiger partial charge in [0.1, 0.15) is 4.88 Å². The molecule has 0 spiro atoms. The normalized spacial score (nSPS) is 8.78. The van der Waals surface area contributed by atoms with Crippen LogP contribution in [0.2, 0.25) is 0 Å². The van der Waals surface area contributed by atoms with Gasteiger partial charge in [0, 0.05) is 27.0 Å². The molecular formula is C27H15N6O2RuS5. The van der Waals surface area contributed by atoms with Gasteiger partial charge in [0.15, 0.2) is 0 Å². The first-order chi connectivity index (χ1) is 19.4. The molecule has 203 valence electrons. The maximum atomic E-state index is 11.2. The first-order valence-corrected chi connectivity index (χ1v) is 13.6. The Morgan fingerprint density at radius 2 is 1.12 bits per heavy atom. The third-order valence-corrected chi connectivity index (χ3v) is 7.03. The van der Waals surface area contributed by atoms with Crippen molar-refractivity contribution in [3.63, 3.8) is 0 Å². The second-order valence-electron chi connectivity index (χ2n) is 6.96. The number of aromatic nitrogens is 3. The largest absolute Gasteiger partial charge is 3.00 e. The monoisotopic (exact) mass is 717 g/mol. The van der Waals surface area contributed by atoms with Gasteiger partial charge in [0.2, 0.25) is 0 Å². The average Bonchev–Trinajstić information content (AvgIpc) is 3.66. The van der Waals surface area contributed by atoms with Crippen LogP contribution in [-0.2, 0) is 19.5 Å². The number of pyridine rings is 3. The number of carboxylic acids is 1. The van der Waals surface area contributed by atoms with Gasteiger partial charge in [-0.25, -0.2) is 9.78 Å². The number of nitrogens with zero attached hydrogens (tertiary/aromatic N) is 6. The number of hydrogen-bond donors (Lipinski definition) is 1. The number of thiocarbonyl (C=S) groups is 3. The molecule has 41 heavy (non-hydrogen) atoms. The quantitative estimate of drug-likeness (QED) is 0.109. The van der Waals surface area contributed by atoms with E-state index in [0.29, 0.717) is 4.88 Å². The van der Waals surface area contributed by atoms with Crippen LogP contribution in [0.5, 0.6) is 0 Å². The third-order valence-electron chi connectivity index (χ3n) is 4.63. The molecule has 0 unspecified atom stereocenters. The fourth-order valence-corrected chi connectivity index (χ4v) is 5.10. The second kappa shape index (κ2) is 19.4. The number of hydrogen-bond acceptors (Lipinski definition) is 9. The van der Waals surface area contributed by atoms with Gasteiger partial charge in [-0.3, -0.25) is 9.97 Å². The molecule has 0 aromatic carbocycles. The smallest absolute Gasteiger partial charge is 0.753 e. The Balaban J connectivity index is 0.000000750. The number of rotatable bonds is 5. The van der Waals surface area contributed by atoms with Crippen molar-refractivity contribution < 1.29 is 29.4 Å². The molecule has 0 atom stereocenters. The van der Waals surface area contributed by atoms with Crippen molar-refractivity contribution in [2.45, 2.75) is 0 Å². The van der Waals surface area contributed by atoms with E-state index >= 15 is 0 Å². The first-order valence-electron chi connectivity index (χ1n) is 10.7. The van der Waals surface area contributed by atoms with E-state index in [1.165, 1.54) is 26.8 Å². The van der Waals surface area contributed by atoms with Gasteiger partial charge in [-0.2, -0.15) is 15.5 Å². The van der Waals surface area contributed by atoms with Gasteiger partial charge in [-0.05, 0) is 66.2 Å². The van der Waals surface area contributed by atoms with Crippen molar-refractivity contribution in [2.24, 2.45) is 0 Å². The number of isothiocyanates is 3. The Morgan fingerprint density at radius 3 is 1.54 bits per heavy atom. The molecule has 0 fully saturated rings. The zero-order valence-electron chi connectivity index (χ0n) is 20.5. The molecule has 0 aliphatic rings. The standard InChI is InChI=1S/C24H15N3O2S2.3CNS.Ru/c28-24(29)23-10-9-22(31-23)21-8-7-20(30-21)15-13-18(16-5-1-3-11-25-16)27-19(14-15)17-6-2-4-12-26-17;3*2-1-3;/h1-14H,(H,28,29);;;;/q;3*-1;+3. The SMILES string of the molecule is O=C(O)c1ccc(-c2ccc(-c3cc(-c4ccccn4)nc(-c4ccccn4)c3)s2)s1.[N-]=C=S.[N-]=C=S.[N-]=C=S.[Ru+3]. The van der Waals surface area contributed by atoms with Gasteiger partial charge in [0.25, 0.3) is 0 Å². The summed E-state index contributed by atoms with van der Waals surface area (Å²) in [4.78, 5) is 28.3. The Bertz CT molecular complexity index is 1570. The van der Waals surface area contributed by atoms with E-state index in [0.717, 1.165) is 43.0 Å². The number of carbonyl (C=O) groups is 1. The van der Waals surface area contributed by atoms with Crippen LogP contribution in [0.4, 0.5) is 0 Å².